The molecule has 0 saturated heterocycles. The van der Waals surface area contributed by atoms with Crippen molar-refractivity contribution in [1.82, 2.24) is 0 Å². The molecule has 2 heteroatoms. The van der Waals surface area contributed by atoms with Gasteiger partial charge < -0.3 is 0 Å². The van der Waals surface area contributed by atoms with Crippen molar-refractivity contribution in [2.24, 2.45) is 5.92 Å². The molecule has 3 aromatic rings. The number of Topliss-reactive ketones (excluding diaryl/α,β-unsaturated/α-hetero) is 1. The number of hydrogen-bond donors (Lipinski definition) is 0. The van der Waals surface area contributed by atoms with Crippen molar-refractivity contribution in [3.63, 3.8) is 0 Å². The summed E-state index contributed by atoms with van der Waals surface area (Å²) in [4.78, 5) is 13.6. The van der Waals surface area contributed by atoms with Gasteiger partial charge in [0.25, 0.3) is 0 Å². The van der Waals surface area contributed by atoms with Gasteiger partial charge in [-0.1, -0.05) is 111 Å². The first-order valence-corrected chi connectivity index (χ1v) is 13.3. The van der Waals surface area contributed by atoms with Crippen molar-refractivity contribution in [3.8, 4) is 0 Å². The van der Waals surface area contributed by atoms with Gasteiger partial charge >= 0.3 is 0 Å². The molecule has 0 N–H and O–H groups in total. The molecule has 0 heterocycles. The number of ketones is 1. The third kappa shape index (κ3) is 2.89. The van der Waals surface area contributed by atoms with Gasteiger partial charge in [-0.3, -0.25) is 4.79 Å². The smallest absolute Gasteiger partial charge is 0.167 e. The number of carbonyl (C=O) groups is 1. The van der Waals surface area contributed by atoms with Gasteiger partial charge in [0.1, 0.15) is 0 Å². The lowest BCUT2D eigenvalue weighted by Crippen LogP contribution is -2.26. The Kier molecular flexibility index (Phi) is 4.39. The van der Waals surface area contributed by atoms with Crippen molar-refractivity contribution < 1.29 is 4.79 Å². The molecule has 1 fully saturated rings. The van der Waals surface area contributed by atoms with E-state index in [0.29, 0.717) is 5.54 Å². The zero-order chi connectivity index (χ0) is 19.1. The molecule has 0 unspecified atom stereocenters. The molecule has 0 amide bonds. The van der Waals surface area contributed by atoms with Gasteiger partial charge in [0.2, 0.25) is 0 Å². The largest absolute Gasteiger partial charge is 0.294 e. The van der Waals surface area contributed by atoms with E-state index in [2.05, 4.69) is 80.3 Å². The van der Waals surface area contributed by atoms with Crippen molar-refractivity contribution in [2.75, 3.05) is 0 Å². The maximum absolute atomic E-state index is 13.6. The van der Waals surface area contributed by atoms with E-state index in [1.807, 2.05) is 30.3 Å². The lowest BCUT2D eigenvalue weighted by molar-refractivity contribution is 0.0960. The van der Waals surface area contributed by atoms with Crippen LogP contribution in [0.5, 0.6) is 0 Å². The van der Waals surface area contributed by atoms with Crippen LogP contribution in [0.15, 0.2) is 91.0 Å². The normalized spacial score (nSPS) is 20.9. The maximum atomic E-state index is 13.6. The van der Waals surface area contributed by atoms with Crippen molar-refractivity contribution in [1.29, 1.82) is 0 Å². The highest BCUT2D eigenvalue weighted by Crippen LogP contribution is 2.72. The molecule has 1 aliphatic carbocycles. The van der Waals surface area contributed by atoms with E-state index >= 15 is 0 Å². The second kappa shape index (κ2) is 6.61. The van der Waals surface area contributed by atoms with Gasteiger partial charge in [0.05, 0.1) is 0 Å². The van der Waals surface area contributed by atoms with Crippen LogP contribution in [0.3, 0.4) is 0 Å². The minimum absolute atomic E-state index is 0.0105. The summed E-state index contributed by atoms with van der Waals surface area (Å²) in [5, 5.41) is 0. The molecule has 2 atom stereocenters. The summed E-state index contributed by atoms with van der Waals surface area (Å²) >= 11 is 0. The van der Waals surface area contributed by atoms with Crippen LogP contribution in [-0.2, 0) is 5.41 Å². The van der Waals surface area contributed by atoms with E-state index in [-0.39, 0.29) is 17.1 Å². The van der Waals surface area contributed by atoms with Crippen molar-refractivity contribution in [2.45, 2.75) is 30.6 Å². The molecule has 0 aromatic heterocycles. The zero-order valence-corrected chi connectivity index (χ0v) is 17.2. The number of carbonyl (C=O) groups excluding carboxylic acids is 1. The molecular formula is C25H26OSi. The summed E-state index contributed by atoms with van der Waals surface area (Å²) < 4.78 is 0. The third-order valence-electron chi connectivity index (χ3n) is 5.98. The topological polar surface area (TPSA) is 17.1 Å². The van der Waals surface area contributed by atoms with Crippen LogP contribution in [0.4, 0.5) is 0 Å². The first-order valence-electron chi connectivity index (χ1n) is 9.67. The Balaban J connectivity index is 1.92. The second-order valence-electron chi connectivity index (χ2n) is 8.65. The van der Waals surface area contributed by atoms with Gasteiger partial charge in [-0.25, -0.2) is 0 Å². The van der Waals surface area contributed by atoms with E-state index in [4.69, 9.17) is 0 Å². The monoisotopic (exact) mass is 370 g/mol. The molecule has 0 spiro atoms. The minimum atomic E-state index is -1.60. The predicted octanol–water partition coefficient (Wildman–Crippen LogP) is 6.19. The minimum Gasteiger partial charge on any atom is -0.294 e. The molecular weight excluding hydrogens is 344 g/mol. The molecule has 1 saturated carbocycles. The molecule has 0 bridgehead atoms. The molecule has 136 valence electrons. The summed E-state index contributed by atoms with van der Waals surface area (Å²) in [6.45, 7) is 7.20. The highest BCUT2D eigenvalue weighted by molar-refractivity contribution is 6.79. The lowest BCUT2D eigenvalue weighted by atomic mass is 9.84. The van der Waals surface area contributed by atoms with Crippen molar-refractivity contribution >= 4 is 13.9 Å². The Morgan fingerprint density at radius 1 is 0.704 bits per heavy atom. The first kappa shape index (κ1) is 17.9. The molecule has 1 nitrogen and oxygen atoms in total. The average molecular weight is 371 g/mol. The van der Waals surface area contributed by atoms with Crippen LogP contribution >= 0.6 is 0 Å². The van der Waals surface area contributed by atoms with Crippen LogP contribution in [0.1, 0.15) is 21.5 Å². The maximum Gasteiger partial charge on any atom is 0.167 e. The fourth-order valence-electron chi connectivity index (χ4n) is 5.02. The molecule has 0 aliphatic heterocycles. The summed E-state index contributed by atoms with van der Waals surface area (Å²) in [7, 11) is -1.60. The predicted molar refractivity (Wildman–Crippen MR) is 115 cm³/mol. The van der Waals surface area contributed by atoms with Crippen LogP contribution in [0.25, 0.3) is 0 Å². The highest BCUT2D eigenvalue weighted by atomic mass is 28.3. The van der Waals surface area contributed by atoms with Crippen LogP contribution in [-0.4, -0.2) is 13.9 Å². The van der Waals surface area contributed by atoms with E-state index < -0.39 is 8.07 Å². The van der Waals surface area contributed by atoms with Crippen molar-refractivity contribution in [3.05, 3.63) is 108 Å². The van der Waals surface area contributed by atoms with E-state index in [9.17, 15) is 4.79 Å². The van der Waals surface area contributed by atoms with E-state index in [1.165, 1.54) is 11.1 Å². The Bertz CT molecular complexity index is 887. The van der Waals surface area contributed by atoms with E-state index in [1.54, 1.807) is 0 Å². The lowest BCUT2D eigenvalue weighted by Gasteiger charge is -2.24. The zero-order valence-electron chi connectivity index (χ0n) is 16.2. The molecule has 4 rings (SSSR count). The first-order chi connectivity index (χ1) is 13.0. The van der Waals surface area contributed by atoms with Gasteiger partial charge in [-0.05, 0) is 16.7 Å². The Hall–Kier alpha value is -2.45. The molecule has 3 aromatic carbocycles. The highest BCUT2D eigenvalue weighted by Gasteiger charge is 2.72. The number of hydrogen-bond acceptors (Lipinski definition) is 1. The average Bonchev–Trinajstić information content (AvgIpc) is 3.42. The van der Waals surface area contributed by atoms with Gasteiger partial charge in [-0.2, -0.15) is 0 Å². The van der Waals surface area contributed by atoms with Gasteiger partial charge in [0.15, 0.2) is 5.78 Å². The van der Waals surface area contributed by atoms with Crippen LogP contribution in [0.2, 0.25) is 25.2 Å². The summed E-state index contributed by atoms with van der Waals surface area (Å²) in [6, 6.07) is 31.2. The Labute approximate surface area is 163 Å². The number of benzene rings is 3. The summed E-state index contributed by atoms with van der Waals surface area (Å²) in [6.07, 6.45) is 0. The number of rotatable bonds is 5. The second-order valence-corrected chi connectivity index (χ2v) is 14.0. The molecule has 1 aliphatic rings. The fourth-order valence-corrected chi connectivity index (χ4v) is 8.22. The molecule has 27 heavy (non-hydrogen) atoms. The standard InChI is InChI=1S/C25H26OSi/c1-27(2,3)24-22(23(26)19-13-7-4-8-14-19)25(24,20-15-9-5-10-16-20)21-17-11-6-12-18-21/h4-18,22,24H,1-3H3/t22-,24+/m1/s1. The van der Waals surface area contributed by atoms with Crippen LogP contribution in [0, 0.1) is 5.92 Å². The van der Waals surface area contributed by atoms with Gasteiger partial charge in [0, 0.05) is 25.0 Å². The Morgan fingerprint density at radius 3 is 1.52 bits per heavy atom. The Morgan fingerprint density at radius 2 is 1.11 bits per heavy atom. The van der Waals surface area contributed by atoms with Gasteiger partial charge in [-0.15, -0.1) is 0 Å². The molecule has 0 radical (unpaired) electrons. The fraction of sp³-hybridized carbons (Fsp3) is 0.240. The SMILES string of the molecule is C[Si](C)(C)[C@H]1[C@@H](C(=O)c2ccccc2)C1(c1ccccc1)c1ccccc1. The summed E-state index contributed by atoms with van der Waals surface area (Å²) in [5.41, 5.74) is 3.57. The summed E-state index contributed by atoms with van der Waals surface area (Å²) in [5.74, 6) is 0.298. The third-order valence-corrected chi connectivity index (χ3v) is 8.64. The van der Waals surface area contributed by atoms with E-state index in [0.717, 1.165) is 5.56 Å². The van der Waals surface area contributed by atoms with Crippen LogP contribution < -0.4 is 0 Å². The quantitative estimate of drug-likeness (QED) is 0.386.